The second-order valence-electron chi connectivity index (χ2n) is 11.2. The van der Waals surface area contributed by atoms with Crippen LogP contribution >= 0.6 is 0 Å². The van der Waals surface area contributed by atoms with Crippen LogP contribution in [0.5, 0.6) is 0 Å². The molecule has 0 aliphatic heterocycles. The third kappa shape index (κ3) is 13.4. The monoisotopic (exact) mass is 570 g/mol. The highest BCUT2D eigenvalue weighted by Gasteiger charge is 2.18. The lowest BCUT2D eigenvalue weighted by molar-refractivity contribution is 0.0684. The molecule has 0 aliphatic carbocycles. The summed E-state index contributed by atoms with van der Waals surface area (Å²) in [5.41, 5.74) is 2.07. The average Bonchev–Trinajstić information content (AvgIpc) is 2.99. The van der Waals surface area contributed by atoms with Gasteiger partial charge in [-0.1, -0.05) is 140 Å². The molecule has 0 radical (unpaired) electrons. The van der Waals surface area contributed by atoms with E-state index in [2.05, 4.69) is 37.5 Å². The minimum atomic E-state index is -1.11. The van der Waals surface area contributed by atoms with Crippen LogP contribution in [0.2, 0.25) is 0 Å². The number of aromatic carboxylic acids is 2. The molecule has 0 atom stereocenters. The number of benzene rings is 2. The van der Waals surface area contributed by atoms with Gasteiger partial charge in [0.2, 0.25) is 0 Å². The van der Waals surface area contributed by atoms with Crippen LogP contribution < -0.4 is 0 Å². The fourth-order valence-electron chi connectivity index (χ4n) is 5.09. The van der Waals surface area contributed by atoms with Crippen molar-refractivity contribution in [2.24, 2.45) is 0 Å². The number of unbranched alkanes of at least 4 members (excludes halogenated alkanes) is 16. The first-order valence-corrected chi connectivity index (χ1v) is 16.2. The van der Waals surface area contributed by atoms with Gasteiger partial charge in [-0.05, 0) is 48.2 Å². The summed E-state index contributed by atoms with van der Waals surface area (Å²) in [5.74, 6) is 10.3. The highest BCUT2D eigenvalue weighted by molar-refractivity contribution is 6.02. The Kier molecular flexibility index (Phi) is 17.5. The minimum absolute atomic E-state index is 0.0462. The summed E-state index contributed by atoms with van der Waals surface area (Å²) in [6.45, 7) is 4.46. The average molecular weight is 571 g/mol. The lowest BCUT2D eigenvalue weighted by Gasteiger charge is -2.11. The predicted octanol–water partition coefficient (Wildman–Crippen LogP) is 10.5. The molecule has 0 heterocycles. The van der Waals surface area contributed by atoms with E-state index in [0.29, 0.717) is 22.3 Å². The maximum absolute atomic E-state index is 12.1. The van der Waals surface area contributed by atoms with E-state index in [0.717, 1.165) is 38.5 Å². The highest BCUT2D eigenvalue weighted by atomic mass is 16.4. The van der Waals surface area contributed by atoms with E-state index < -0.39 is 11.9 Å². The van der Waals surface area contributed by atoms with Crippen molar-refractivity contribution in [1.29, 1.82) is 0 Å². The predicted molar refractivity (Wildman–Crippen MR) is 174 cm³/mol. The Hall–Kier alpha value is -3.50. The van der Waals surface area contributed by atoms with E-state index in [1.54, 1.807) is 36.4 Å². The fourth-order valence-corrected chi connectivity index (χ4v) is 5.09. The maximum atomic E-state index is 12.1. The third-order valence-corrected chi connectivity index (χ3v) is 7.57. The second-order valence-corrected chi connectivity index (χ2v) is 11.2. The van der Waals surface area contributed by atoms with E-state index in [1.807, 2.05) is 0 Å². The number of rotatable bonds is 19. The van der Waals surface area contributed by atoms with Gasteiger partial charge in [0.15, 0.2) is 0 Å². The zero-order valence-electron chi connectivity index (χ0n) is 25.9. The van der Waals surface area contributed by atoms with Gasteiger partial charge in [0.05, 0.1) is 11.1 Å². The van der Waals surface area contributed by atoms with Crippen molar-refractivity contribution in [2.45, 2.75) is 129 Å². The number of hydrogen-bond acceptors (Lipinski definition) is 2. The summed E-state index contributed by atoms with van der Waals surface area (Å²) in [4.78, 5) is 24.3. The Bertz CT molecular complexity index is 1140. The molecule has 0 unspecified atom stereocenters. The zero-order chi connectivity index (χ0) is 30.4. The number of carboxylic acid groups (broad SMARTS) is 2. The molecule has 2 aromatic rings. The van der Waals surface area contributed by atoms with Gasteiger partial charge in [-0.2, -0.15) is 0 Å². The van der Waals surface area contributed by atoms with Gasteiger partial charge in [0.1, 0.15) is 0 Å². The summed E-state index contributed by atoms with van der Waals surface area (Å²) >= 11 is 0. The van der Waals surface area contributed by atoms with Crippen molar-refractivity contribution in [3.05, 3.63) is 58.7 Å². The van der Waals surface area contributed by atoms with Gasteiger partial charge >= 0.3 is 11.9 Å². The Morgan fingerprint density at radius 3 is 1.19 bits per heavy atom. The maximum Gasteiger partial charge on any atom is 0.336 e. The number of carboxylic acids is 2. The first kappa shape index (κ1) is 34.7. The van der Waals surface area contributed by atoms with E-state index in [-0.39, 0.29) is 11.1 Å². The largest absolute Gasteiger partial charge is 0.478 e. The summed E-state index contributed by atoms with van der Waals surface area (Å²) in [5, 5.41) is 19.8. The Balaban J connectivity index is 2.00. The molecule has 42 heavy (non-hydrogen) atoms. The lowest BCUT2D eigenvalue weighted by atomic mass is 9.92. The van der Waals surface area contributed by atoms with Crippen molar-refractivity contribution < 1.29 is 19.8 Å². The van der Waals surface area contributed by atoms with Crippen LogP contribution in [0.4, 0.5) is 0 Å². The van der Waals surface area contributed by atoms with E-state index in [4.69, 9.17) is 0 Å². The van der Waals surface area contributed by atoms with Crippen molar-refractivity contribution in [2.75, 3.05) is 0 Å². The van der Waals surface area contributed by atoms with Gasteiger partial charge < -0.3 is 10.2 Å². The van der Waals surface area contributed by atoms with Crippen LogP contribution in [-0.2, 0) is 0 Å². The third-order valence-electron chi connectivity index (χ3n) is 7.57. The summed E-state index contributed by atoms with van der Waals surface area (Å²) < 4.78 is 0. The van der Waals surface area contributed by atoms with E-state index >= 15 is 0 Å². The van der Waals surface area contributed by atoms with Crippen LogP contribution in [0.3, 0.4) is 0 Å². The minimum Gasteiger partial charge on any atom is -0.478 e. The molecule has 0 bridgehead atoms. The van der Waals surface area contributed by atoms with Crippen molar-refractivity contribution in [3.8, 4) is 34.8 Å². The molecule has 0 aliphatic rings. The Labute approximate surface area is 254 Å². The van der Waals surface area contributed by atoms with Gasteiger partial charge in [-0.3, -0.25) is 0 Å². The first-order valence-electron chi connectivity index (χ1n) is 16.2. The molecule has 0 fully saturated rings. The molecule has 0 aromatic heterocycles. The smallest absolute Gasteiger partial charge is 0.336 e. The molecular weight excluding hydrogens is 520 g/mol. The van der Waals surface area contributed by atoms with Crippen LogP contribution in [0, 0.1) is 23.7 Å². The van der Waals surface area contributed by atoms with Crippen LogP contribution in [0.25, 0.3) is 11.1 Å². The molecule has 0 saturated carbocycles. The SMILES string of the molecule is CCCCCCCCCCC#Cc1ccc(-c2ccc(C#CCCCCCCCCCC)cc2C(=O)O)c(C(=O)O)c1. The van der Waals surface area contributed by atoms with Crippen LogP contribution in [0.15, 0.2) is 36.4 Å². The van der Waals surface area contributed by atoms with Gasteiger partial charge in [0.25, 0.3) is 0 Å². The van der Waals surface area contributed by atoms with Crippen LogP contribution in [-0.4, -0.2) is 22.2 Å². The molecule has 0 spiro atoms. The summed E-state index contributed by atoms with van der Waals surface area (Å²) in [6.07, 6.45) is 21.4. The van der Waals surface area contributed by atoms with E-state index in [9.17, 15) is 19.8 Å². The Morgan fingerprint density at radius 2 is 0.857 bits per heavy atom. The molecule has 2 N–H and O–H groups in total. The number of carbonyl (C=O) groups is 2. The molecule has 4 heteroatoms. The molecule has 0 amide bonds. The fraction of sp³-hybridized carbons (Fsp3) is 0.526. The second kappa shape index (κ2) is 21.2. The molecular formula is C38H50O4. The van der Waals surface area contributed by atoms with Gasteiger partial charge in [0, 0.05) is 24.0 Å². The first-order chi connectivity index (χ1) is 20.5. The zero-order valence-corrected chi connectivity index (χ0v) is 25.9. The van der Waals surface area contributed by atoms with Crippen molar-refractivity contribution in [3.63, 3.8) is 0 Å². The molecule has 2 rings (SSSR count). The molecule has 2 aromatic carbocycles. The highest BCUT2D eigenvalue weighted by Crippen LogP contribution is 2.29. The van der Waals surface area contributed by atoms with Crippen molar-refractivity contribution >= 4 is 11.9 Å². The number of hydrogen-bond donors (Lipinski definition) is 2. The lowest BCUT2D eigenvalue weighted by Crippen LogP contribution is -2.05. The van der Waals surface area contributed by atoms with Crippen molar-refractivity contribution in [1.82, 2.24) is 0 Å². The van der Waals surface area contributed by atoms with E-state index in [1.165, 1.54) is 77.0 Å². The van der Waals surface area contributed by atoms with Crippen LogP contribution in [0.1, 0.15) is 161 Å². The molecule has 4 nitrogen and oxygen atoms in total. The topological polar surface area (TPSA) is 74.6 Å². The molecule has 226 valence electrons. The molecule has 0 saturated heterocycles. The normalized spacial score (nSPS) is 10.4. The standard InChI is InChI=1S/C38H50O4/c1-3-5-7-9-11-13-15-17-19-21-23-31-25-27-33(35(29-31)37(39)40)34-28-26-32(30-36(34)38(41)42)24-22-20-18-16-14-12-10-8-6-4-2/h25-30H,3-20H2,1-2H3,(H,39,40)(H,41,42). The summed E-state index contributed by atoms with van der Waals surface area (Å²) in [7, 11) is 0. The quantitative estimate of drug-likeness (QED) is 0.130. The van der Waals surface area contributed by atoms with Gasteiger partial charge in [-0.15, -0.1) is 0 Å². The van der Waals surface area contributed by atoms with Gasteiger partial charge in [-0.25, -0.2) is 9.59 Å². The Morgan fingerprint density at radius 1 is 0.524 bits per heavy atom. The summed E-state index contributed by atoms with van der Waals surface area (Å²) in [6, 6.07) is 9.96.